The third-order valence-corrected chi connectivity index (χ3v) is 25.5. The summed E-state index contributed by atoms with van der Waals surface area (Å²) in [5.41, 5.74) is 8.94. The number of rotatable bonds is 15. The van der Waals surface area contributed by atoms with Crippen LogP contribution in [0.25, 0.3) is 28.1 Å². The van der Waals surface area contributed by atoms with Crippen LogP contribution in [0.1, 0.15) is 285 Å². The van der Waals surface area contributed by atoms with Crippen LogP contribution < -0.4 is 17.1 Å². The van der Waals surface area contributed by atoms with E-state index in [9.17, 15) is 28.8 Å². The Morgan fingerprint density at radius 3 is 1.34 bits per heavy atom. The zero-order valence-corrected chi connectivity index (χ0v) is 80.8. The molecule has 7 fully saturated rings. The molecule has 0 unspecified atom stereocenters. The number of hydrogen-bond acceptors (Lipinski definition) is 18. The minimum absolute atomic E-state index is 0. The van der Waals surface area contributed by atoms with E-state index in [1.165, 1.54) is 111 Å². The number of aromatic nitrogens is 4. The Morgan fingerprint density at radius 1 is 0.540 bits per heavy atom. The van der Waals surface area contributed by atoms with Crippen LogP contribution in [0.4, 0.5) is 9.59 Å². The van der Waals surface area contributed by atoms with E-state index in [1.807, 2.05) is 42.6 Å². The van der Waals surface area contributed by atoms with Gasteiger partial charge in [-0.25, -0.2) is 29.1 Å². The number of amides is 2. The van der Waals surface area contributed by atoms with Crippen LogP contribution in [0.2, 0.25) is 5.15 Å². The average molecular weight is 2020 g/mol. The lowest BCUT2D eigenvalue weighted by Gasteiger charge is -2.32. The van der Waals surface area contributed by atoms with Gasteiger partial charge in [-0.3, -0.25) is 24.4 Å². The second kappa shape index (κ2) is 49.0. The monoisotopic (exact) mass is 2010 g/mol. The van der Waals surface area contributed by atoms with E-state index >= 15 is 0 Å². The van der Waals surface area contributed by atoms with Gasteiger partial charge in [-0.1, -0.05) is 221 Å². The molecule has 5 aromatic carbocycles. The van der Waals surface area contributed by atoms with Crippen molar-refractivity contribution in [3.05, 3.63) is 181 Å². The number of carboxylic acids is 1. The Bertz CT molecular complexity index is 4690. The highest BCUT2D eigenvalue weighted by molar-refractivity contribution is 9.11. The summed E-state index contributed by atoms with van der Waals surface area (Å²) in [6.07, 6.45) is 22.8. The van der Waals surface area contributed by atoms with E-state index in [4.69, 9.17) is 59.3 Å². The van der Waals surface area contributed by atoms with Crippen molar-refractivity contribution in [3.8, 4) is 22.5 Å². The SMILES string of the molecule is Brc1ccc(C2=CN=C(C3CCCC3)C2)cc1.C.C.C.CC(C)(C)OC(=O)N1CCC[C@H]1C(=O)O.CC(C)(C)OC(=O)N1CCC[C@H]1C(=O)OCC(=O)c1ccc(Br)cc1.CC1(C)OB(c2ccc(-c3cnc(C4CCCC4)[nH]3)cc2)OC1(C)C.CC1(C)OB(c2ccc(-c3nc(C4CCCC4)[nH]c3Cl)cc2)OC1(C)C.CC=O.N.O=C(CBr)c1ccc(Br)cc1. The lowest BCUT2D eigenvalue weighted by molar-refractivity contribution is -0.147. The predicted octanol–water partition coefficient (Wildman–Crippen LogP) is 23.9. The predicted molar refractivity (Wildman–Crippen MR) is 521 cm³/mol. The zero-order valence-electron chi connectivity index (χ0n) is 73.7. The zero-order chi connectivity index (χ0) is 89.1. The molecule has 15 rings (SSSR count). The number of carboxylic acid groups (broad SMARTS) is 1. The van der Waals surface area contributed by atoms with Gasteiger partial charge in [0.25, 0.3) is 0 Å². The number of alkyl halides is 1. The van der Waals surface area contributed by atoms with Crippen molar-refractivity contribution >= 4 is 154 Å². The summed E-state index contributed by atoms with van der Waals surface area (Å²) in [6.45, 7) is 29.2. The fraction of sp³-hybridized carbons (Fsp3) is 0.521. The number of ether oxygens (including phenoxy) is 3. The maximum atomic E-state index is 12.3. The Labute approximate surface area is 787 Å². The second-order valence-corrected chi connectivity index (χ2v) is 39.3. The first-order valence-electron chi connectivity index (χ1n) is 42.2. The number of benzene rings is 5. The number of aromatic amines is 2. The van der Waals surface area contributed by atoms with Crippen LogP contribution in [-0.2, 0) is 47.2 Å². The normalized spacial score (nSPS) is 18.8. The van der Waals surface area contributed by atoms with Crippen molar-refractivity contribution in [3.63, 3.8) is 0 Å². The van der Waals surface area contributed by atoms with Gasteiger partial charge in [0.2, 0.25) is 0 Å². The number of nitrogens with zero attached hydrogens (tertiary/aromatic N) is 5. The molecule has 2 atom stereocenters. The van der Waals surface area contributed by atoms with Crippen LogP contribution in [0, 0.1) is 5.92 Å². The van der Waals surface area contributed by atoms with Gasteiger partial charge in [-0.15, -0.1) is 0 Å². The molecule has 8 aliphatic rings. The van der Waals surface area contributed by atoms with Crippen LogP contribution in [0.5, 0.6) is 0 Å². The maximum absolute atomic E-state index is 12.3. The van der Waals surface area contributed by atoms with Crippen molar-refractivity contribution in [1.82, 2.24) is 35.9 Å². The van der Waals surface area contributed by atoms with Gasteiger partial charge in [-0.05, 0) is 238 Å². The minimum Gasteiger partial charge on any atom is -0.480 e. The third-order valence-electron chi connectivity index (χ3n) is 23.1. The smallest absolute Gasteiger partial charge is 0.480 e. The topological polar surface area (TPSA) is 316 Å². The lowest BCUT2D eigenvalue weighted by atomic mass is 9.79. The highest BCUT2D eigenvalue weighted by atomic mass is 79.9. The number of imidazole rings is 2. The van der Waals surface area contributed by atoms with Crippen molar-refractivity contribution in [2.75, 3.05) is 25.0 Å². The molecule has 5 aliphatic heterocycles. The average Bonchev–Trinajstić information content (AvgIpc) is 1.62. The van der Waals surface area contributed by atoms with Gasteiger partial charge in [0.1, 0.15) is 52.1 Å². The summed E-state index contributed by atoms with van der Waals surface area (Å²) >= 11 is 19.6. The molecule has 0 spiro atoms. The molecule has 688 valence electrons. The van der Waals surface area contributed by atoms with Crippen LogP contribution >= 0.6 is 75.3 Å². The molecule has 3 aliphatic carbocycles. The number of likely N-dealkylation sites (tertiary alicyclic amines) is 2. The van der Waals surface area contributed by atoms with E-state index < -0.39 is 47.4 Å². The number of carbonyl (C=O) groups is 7. The number of aliphatic carboxylic acids is 1. The van der Waals surface area contributed by atoms with Crippen molar-refractivity contribution in [1.29, 1.82) is 0 Å². The summed E-state index contributed by atoms with van der Waals surface area (Å²) in [4.78, 5) is 102. The van der Waals surface area contributed by atoms with Gasteiger partial charge < -0.3 is 58.8 Å². The summed E-state index contributed by atoms with van der Waals surface area (Å²) < 4.78 is 43.1. The summed E-state index contributed by atoms with van der Waals surface area (Å²) in [5.74, 6) is 2.34. The van der Waals surface area contributed by atoms with Crippen LogP contribution in [-0.4, -0.2) is 167 Å². The van der Waals surface area contributed by atoms with Crippen LogP contribution in [0.3, 0.4) is 0 Å². The van der Waals surface area contributed by atoms with E-state index in [2.05, 4.69) is 194 Å². The Morgan fingerprint density at radius 2 is 0.921 bits per heavy atom. The third kappa shape index (κ3) is 30.9. The molecule has 126 heavy (non-hydrogen) atoms. The van der Waals surface area contributed by atoms with E-state index in [0.29, 0.717) is 60.2 Å². The fourth-order valence-electron chi connectivity index (χ4n) is 15.0. The molecular weight excluding hydrogens is 1880 g/mol. The van der Waals surface area contributed by atoms with Gasteiger partial charge in [0.15, 0.2) is 18.2 Å². The standard InChI is InChI=1S/C20H26BClN2O2.C20H27BN2O2.C18H22BrNO5.C15H16BrN.C10H17NO4.C8H6Br2O.C2H4O.3CH4.H3N/c1-19(2)20(3,4)26-21(25-19)15-11-9-13(10-12-15)16-17(22)24-18(23-16)14-7-5-6-8-14;1-19(2)20(3,4)25-21(24-19)16-11-9-14(10-12-16)17-13-22-18(23-17)15-7-5-6-8-15;1-18(2,3)25-17(23)20-10-4-5-14(20)16(22)24-11-15(21)12-6-8-13(19)9-7-12;16-14-7-5-11(6-8-14)13-9-15(17-10-13)12-3-1-2-4-12;1-10(2,3)15-9(14)11-6-4-5-7(11)8(12)13;9-5-8(11)6-1-3-7(10)4-2-6;1-2-3;;;;/h9-12,14H,5-8H2,1-4H3,(H,23,24);9-13,15H,5-8H2,1-4H3,(H,22,23);6-9,14H,4-5,10-11H2,1-3H3;5-8,10,12H,1-4,9H2;7H,4-6H2,1-3H3,(H,12,13);1-4H,5H2;2H,1H3;3*1H4;1H3/t;;14-;;7-;;;;;;/m..0.0....../s1. The summed E-state index contributed by atoms with van der Waals surface area (Å²) in [7, 11) is -0.660. The number of halogens is 5. The van der Waals surface area contributed by atoms with Gasteiger partial charge >= 0.3 is 38.4 Å². The van der Waals surface area contributed by atoms with Gasteiger partial charge in [0, 0.05) is 73.4 Å². The molecule has 0 radical (unpaired) electrons. The summed E-state index contributed by atoms with van der Waals surface area (Å²) in [5, 5.41) is 9.89. The number of nitrogens with one attached hydrogen (secondary N) is 2. The molecule has 4 saturated heterocycles. The van der Waals surface area contributed by atoms with Gasteiger partial charge in [0.05, 0.1) is 39.6 Å². The Hall–Kier alpha value is -7.44. The lowest BCUT2D eigenvalue weighted by Crippen LogP contribution is -2.44. The molecule has 2 amide bonds. The van der Waals surface area contributed by atoms with Crippen molar-refractivity contribution in [2.45, 2.75) is 293 Å². The molecule has 7 aromatic rings. The molecular formula is C96H133B2Br4ClN8O15. The molecule has 23 nitrogen and oxygen atoms in total. The van der Waals surface area contributed by atoms with E-state index in [-0.39, 0.29) is 83.2 Å². The molecule has 2 aromatic heterocycles. The first-order valence-corrected chi connectivity index (χ1v) is 46.1. The molecule has 0 bridgehead atoms. The van der Waals surface area contributed by atoms with Crippen molar-refractivity contribution < 1.29 is 71.5 Å². The largest absolute Gasteiger partial charge is 0.494 e. The Kier molecular flexibility index (Phi) is 42.4. The first-order chi connectivity index (χ1) is 57.6. The second-order valence-electron chi connectivity index (χ2n) is 35.6. The van der Waals surface area contributed by atoms with E-state index in [0.717, 1.165) is 89.1 Å². The minimum atomic E-state index is -0.960. The highest BCUT2D eigenvalue weighted by Crippen LogP contribution is 2.41. The quantitative estimate of drug-likeness (QED) is 0.0185. The number of allylic oxidation sites excluding steroid dienone is 1. The maximum Gasteiger partial charge on any atom is 0.494 e. The number of esters is 1. The number of aldehydes is 1. The molecule has 6 N–H and O–H groups in total. The fourth-order valence-corrected chi connectivity index (χ4v) is 16.4. The number of H-pyrrole nitrogens is 2. The van der Waals surface area contributed by atoms with Crippen molar-refractivity contribution in [2.24, 2.45) is 10.9 Å². The van der Waals surface area contributed by atoms with Crippen LogP contribution in [0.15, 0.2) is 152 Å². The van der Waals surface area contributed by atoms with E-state index in [1.54, 1.807) is 77.9 Å². The number of hydrogen-bond donors (Lipinski definition) is 4. The molecule has 30 heteroatoms. The first kappa shape index (κ1) is 109. The Balaban J connectivity index is 0.000000270. The number of aliphatic imine (C=N–C) groups is 1. The molecule has 7 heterocycles. The molecule has 3 saturated carbocycles. The van der Waals surface area contributed by atoms with Gasteiger partial charge in [-0.2, -0.15) is 0 Å². The summed E-state index contributed by atoms with van der Waals surface area (Å²) in [6, 6.07) is 37.8. The number of ketones is 2. The number of carbonyl (C=O) groups excluding carboxylic acids is 6. The highest BCUT2D eigenvalue weighted by Gasteiger charge is 2.53. The number of Topliss-reactive ketones (excluding diaryl/α,β-unsaturated/α-hetero) is 2.